The highest BCUT2D eigenvalue weighted by atomic mass is 32.2. The Labute approximate surface area is 168 Å². The number of carbonyl (C=O) groups excluding carboxylic acids is 1. The van der Waals surface area contributed by atoms with Crippen LogP contribution in [-0.2, 0) is 4.79 Å². The first-order valence-corrected chi connectivity index (χ1v) is 9.47. The van der Waals surface area contributed by atoms with Crippen molar-refractivity contribution in [3.05, 3.63) is 84.4 Å². The number of ether oxygens (including phenoxy) is 2. The SMILES string of the molecule is COc1ccccc1OCC(=O)N/N=C/c1ccccc1Sc1ccccc1. The van der Waals surface area contributed by atoms with Crippen LogP contribution in [0.15, 0.2) is 93.8 Å². The molecule has 0 spiro atoms. The molecule has 0 aliphatic heterocycles. The molecule has 0 fully saturated rings. The van der Waals surface area contributed by atoms with Crippen molar-refractivity contribution in [2.45, 2.75) is 9.79 Å². The van der Waals surface area contributed by atoms with E-state index in [1.165, 1.54) is 0 Å². The van der Waals surface area contributed by atoms with Gasteiger partial charge in [0.15, 0.2) is 18.1 Å². The smallest absolute Gasteiger partial charge is 0.277 e. The number of hydrogen-bond donors (Lipinski definition) is 1. The number of rotatable bonds is 8. The van der Waals surface area contributed by atoms with E-state index in [0.29, 0.717) is 11.5 Å². The van der Waals surface area contributed by atoms with Gasteiger partial charge >= 0.3 is 0 Å². The maximum atomic E-state index is 12.0. The summed E-state index contributed by atoms with van der Waals surface area (Å²) in [5.41, 5.74) is 3.40. The number of para-hydroxylation sites is 2. The van der Waals surface area contributed by atoms with Gasteiger partial charge in [-0.15, -0.1) is 0 Å². The van der Waals surface area contributed by atoms with Crippen molar-refractivity contribution in [1.82, 2.24) is 5.43 Å². The maximum absolute atomic E-state index is 12.0. The largest absolute Gasteiger partial charge is 0.493 e. The van der Waals surface area contributed by atoms with Crippen LogP contribution >= 0.6 is 11.8 Å². The van der Waals surface area contributed by atoms with Crippen molar-refractivity contribution in [2.24, 2.45) is 5.10 Å². The van der Waals surface area contributed by atoms with Gasteiger partial charge < -0.3 is 9.47 Å². The lowest BCUT2D eigenvalue weighted by Crippen LogP contribution is -2.24. The molecule has 0 atom stereocenters. The lowest BCUT2D eigenvalue weighted by molar-refractivity contribution is -0.123. The third-order valence-corrected chi connectivity index (χ3v) is 4.81. The number of amides is 1. The molecule has 3 aromatic carbocycles. The minimum atomic E-state index is -0.352. The van der Waals surface area contributed by atoms with Crippen LogP contribution in [0.1, 0.15) is 5.56 Å². The topological polar surface area (TPSA) is 59.9 Å². The van der Waals surface area contributed by atoms with Gasteiger partial charge in [0.2, 0.25) is 0 Å². The van der Waals surface area contributed by atoms with Crippen molar-refractivity contribution in [3.8, 4) is 11.5 Å². The van der Waals surface area contributed by atoms with Crippen LogP contribution in [0.3, 0.4) is 0 Å². The molecule has 5 nitrogen and oxygen atoms in total. The zero-order valence-corrected chi connectivity index (χ0v) is 16.2. The number of benzene rings is 3. The summed E-state index contributed by atoms with van der Waals surface area (Å²) in [6, 6.07) is 25.1. The molecular weight excluding hydrogens is 372 g/mol. The fourth-order valence-corrected chi connectivity index (χ4v) is 3.32. The summed E-state index contributed by atoms with van der Waals surface area (Å²) in [4.78, 5) is 14.2. The van der Waals surface area contributed by atoms with Crippen molar-refractivity contribution in [2.75, 3.05) is 13.7 Å². The molecule has 28 heavy (non-hydrogen) atoms. The van der Waals surface area contributed by atoms with Gasteiger partial charge in [-0.1, -0.05) is 60.3 Å². The normalized spacial score (nSPS) is 10.6. The maximum Gasteiger partial charge on any atom is 0.277 e. The lowest BCUT2D eigenvalue weighted by atomic mass is 10.2. The highest BCUT2D eigenvalue weighted by molar-refractivity contribution is 7.99. The number of carbonyl (C=O) groups is 1. The third kappa shape index (κ3) is 5.62. The Morgan fingerprint density at radius 2 is 1.64 bits per heavy atom. The summed E-state index contributed by atoms with van der Waals surface area (Å²) in [6.07, 6.45) is 1.63. The first kappa shape index (κ1) is 19.5. The third-order valence-electron chi connectivity index (χ3n) is 3.71. The van der Waals surface area contributed by atoms with E-state index in [-0.39, 0.29) is 12.5 Å². The van der Waals surface area contributed by atoms with Crippen LogP contribution in [-0.4, -0.2) is 25.8 Å². The van der Waals surface area contributed by atoms with Crippen molar-refractivity contribution in [1.29, 1.82) is 0 Å². The molecule has 6 heteroatoms. The van der Waals surface area contributed by atoms with E-state index in [2.05, 4.69) is 22.7 Å². The van der Waals surface area contributed by atoms with Gasteiger partial charge in [-0.3, -0.25) is 4.79 Å². The molecule has 1 amide bonds. The summed E-state index contributed by atoms with van der Waals surface area (Å²) in [7, 11) is 1.55. The van der Waals surface area contributed by atoms with Gasteiger partial charge in [-0.25, -0.2) is 5.43 Å². The first-order valence-electron chi connectivity index (χ1n) is 8.66. The number of hydrazone groups is 1. The molecule has 3 rings (SSSR count). The molecule has 3 aromatic rings. The molecule has 0 aliphatic carbocycles. The standard InChI is InChI=1S/C22H20N2O3S/c1-26-19-12-6-7-13-20(19)27-16-22(25)24-23-15-17-9-5-8-14-21(17)28-18-10-3-2-4-11-18/h2-15H,16H2,1H3,(H,24,25)/b23-15+. The van der Waals surface area contributed by atoms with Crippen LogP contribution in [0.2, 0.25) is 0 Å². The fraction of sp³-hybridized carbons (Fsp3) is 0.0909. The van der Waals surface area contributed by atoms with Crippen LogP contribution in [0.4, 0.5) is 0 Å². The van der Waals surface area contributed by atoms with Gasteiger partial charge in [0, 0.05) is 15.4 Å². The Kier molecular flexibility index (Phi) is 7.09. The second-order valence-electron chi connectivity index (χ2n) is 5.69. The summed E-state index contributed by atoms with van der Waals surface area (Å²) >= 11 is 1.64. The zero-order valence-electron chi connectivity index (χ0n) is 15.4. The Morgan fingerprint density at radius 3 is 2.43 bits per heavy atom. The fourth-order valence-electron chi connectivity index (χ4n) is 2.38. The Morgan fingerprint density at radius 1 is 0.964 bits per heavy atom. The quantitative estimate of drug-likeness (QED) is 0.457. The predicted octanol–water partition coefficient (Wildman–Crippen LogP) is 4.38. The molecular formula is C22H20N2O3S. The lowest BCUT2D eigenvalue weighted by Gasteiger charge is -2.09. The average Bonchev–Trinajstić information content (AvgIpc) is 2.74. The summed E-state index contributed by atoms with van der Waals surface area (Å²) in [6.45, 7) is -0.155. The summed E-state index contributed by atoms with van der Waals surface area (Å²) < 4.78 is 10.7. The number of nitrogens with one attached hydrogen (secondary N) is 1. The molecule has 0 aromatic heterocycles. The van der Waals surface area contributed by atoms with Gasteiger partial charge in [0.25, 0.3) is 5.91 Å². The van der Waals surface area contributed by atoms with Crippen molar-refractivity contribution >= 4 is 23.9 Å². The molecule has 0 unspecified atom stereocenters. The van der Waals surface area contributed by atoms with Crippen LogP contribution < -0.4 is 14.9 Å². The summed E-state index contributed by atoms with van der Waals surface area (Å²) in [5.74, 6) is 0.731. The van der Waals surface area contributed by atoms with Crippen LogP contribution in [0.5, 0.6) is 11.5 Å². The molecule has 0 saturated heterocycles. The minimum absolute atomic E-state index is 0.155. The van der Waals surface area contributed by atoms with E-state index in [4.69, 9.17) is 9.47 Å². The van der Waals surface area contributed by atoms with E-state index in [1.54, 1.807) is 37.2 Å². The monoisotopic (exact) mass is 392 g/mol. The summed E-state index contributed by atoms with van der Waals surface area (Å²) in [5, 5.41) is 4.05. The first-order chi connectivity index (χ1) is 13.8. The molecule has 1 N–H and O–H groups in total. The number of methoxy groups -OCH3 is 1. The van der Waals surface area contributed by atoms with E-state index in [9.17, 15) is 4.79 Å². The van der Waals surface area contributed by atoms with E-state index < -0.39 is 0 Å². The highest BCUT2D eigenvalue weighted by Crippen LogP contribution is 2.29. The second kappa shape index (κ2) is 10.2. The second-order valence-corrected chi connectivity index (χ2v) is 6.80. The van der Waals surface area contributed by atoms with Crippen LogP contribution in [0.25, 0.3) is 0 Å². The van der Waals surface area contributed by atoms with Gasteiger partial charge in [0.1, 0.15) is 0 Å². The predicted molar refractivity (Wildman–Crippen MR) is 111 cm³/mol. The van der Waals surface area contributed by atoms with Crippen LogP contribution in [0, 0.1) is 0 Å². The Hall–Kier alpha value is -3.25. The molecule has 0 saturated carbocycles. The molecule has 0 heterocycles. The molecule has 142 valence electrons. The molecule has 0 aliphatic rings. The average molecular weight is 392 g/mol. The van der Waals surface area contributed by atoms with Gasteiger partial charge in [0.05, 0.1) is 13.3 Å². The molecule has 0 radical (unpaired) electrons. The van der Waals surface area contributed by atoms with E-state index >= 15 is 0 Å². The zero-order chi connectivity index (χ0) is 19.6. The van der Waals surface area contributed by atoms with Crippen molar-refractivity contribution in [3.63, 3.8) is 0 Å². The number of hydrogen-bond acceptors (Lipinski definition) is 5. The van der Waals surface area contributed by atoms with E-state index in [0.717, 1.165) is 15.4 Å². The molecule has 0 bridgehead atoms. The van der Waals surface area contributed by atoms with Gasteiger partial charge in [-0.2, -0.15) is 5.10 Å². The van der Waals surface area contributed by atoms with Crippen molar-refractivity contribution < 1.29 is 14.3 Å². The number of nitrogens with zero attached hydrogens (tertiary/aromatic N) is 1. The van der Waals surface area contributed by atoms with Gasteiger partial charge in [-0.05, 0) is 30.3 Å². The van der Waals surface area contributed by atoms with E-state index in [1.807, 2.05) is 54.6 Å². The highest BCUT2D eigenvalue weighted by Gasteiger charge is 2.06. The Bertz CT molecular complexity index is 945. The Balaban J connectivity index is 1.56. The minimum Gasteiger partial charge on any atom is -0.493 e.